The molecule has 3 rings (SSSR count). The van der Waals surface area contributed by atoms with E-state index < -0.39 is 23.3 Å². The van der Waals surface area contributed by atoms with Gasteiger partial charge >= 0.3 is 11.9 Å². The van der Waals surface area contributed by atoms with Gasteiger partial charge in [-0.3, -0.25) is 14.3 Å². The average molecular weight is 398 g/mol. The van der Waals surface area contributed by atoms with Crippen molar-refractivity contribution in [2.75, 3.05) is 13.2 Å². The monoisotopic (exact) mass is 398 g/mol. The van der Waals surface area contributed by atoms with Crippen molar-refractivity contribution in [1.29, 1.82) is 0 Å². The van der Waals surface area contributed by atoms with Crippen LogP contribution in [0.5, 0.6) is 0 Å². The Kier molecular flexibility index (Phi) is 6.01. The number of halogens is 1. The highest BCUT2D eigenvalue weighted by Crippen LogP contribution is 2.22. The number of esters is 2. The third kappa shape index (κ3) is 4.01. The first-order valence-corrected chi connectivity index (χ1v) is 9.07. The SMILES string of the molecule is CCOC(=O)c1c(C(=O)OCC)n(Cc2cccc(F)c2)c(=O)c2cnccc12. The fraction of sp³-hybridized carbons (Fsp3) is 0.238. The zero-order valence-electron chi connectivity index (χ0n) is 16.0. The van der Waals surface area contributed by atoms with Gasteiger partial charge in [0.15, 0.2) is 0 Å². The Morgan fingerprint density at radius 1 is 1.07 bits per heavy atom. The first-order chi connectivity index (χ1) is 14.0. The quantitative estimate of drug-likeness (QED) is 0.594. The van der Waals surface area contributed by atoms with Crippen LogP contribution in [-0.2, 0) is 16.0 Å². The van der Waals surface area contributed by atoms with Gasteiger partial charge in [0.05, 0.1) is 30.7 Å². The molecule has 0 fully saturated rings. The van der Waals surface area contributed by atoms with Crippen LogP contribution in [0.15, 0.2) is 47.5 Å². The molecule has 2 aromatic heterocycles. The molecule has 3 aromatic rings. The molecule has 0 aliphatic carbocycles. The Morgan fingerprint density at radius 2 is 1.79 bits per heavy atom. The largest absolute Gasteiger partial charge is 0.462 e. The second-order valence-corrected chi connectivity index (χ2v) is 6.11. The van der Waals surface area contributed by atoms with Crippen molar-refractivity contribution in [2.24, 2.45) is 0 Å². The summed E-state index contributed by atoms with van der Waals surface area (Å²) in [7, 11) is 0. The van der Waals surface area contributed by atoms with Crippen molar-refractivity contribution in [1.82, 2.24) is 9.55 Å². The molecule has 0 bridgehead atoms. The van der Waals surface area contributed by atoms with Crippen LogP contribution in [0.4, 0.5) is 4.39 Å². The van der Waals surface area contributed by atoms with Gasteiger partial charge in [-0.2, -0.15) is 0 Å². The molecule has 0 N–H and O–H groups in total. The van der Waals surface area contributed by atoms with E-state index in [4.69, 9.17) is 9.47 Å². The van der Waals surface area contributed by atoms with E-state index in [9.17, 15) is 18.8 Å². The number of carbonyl (C=O) groups is 2. The minimum absolute atomic E-state index is 0.0453. The van der Waals surface area contributed by atoms with Crippen molar-refractivity contribution < 1.29 is 23.5 Å². The van der Waals surface area contributed by atoms with Gasteiger partial charge in [-0.25, -0.2) is 14.0 Å². The summed E-state index contributed by atoms with van der Waals surface area (Å²) in [6.45, 7) is 3.23. The van der Waals surface area contributed by atoms with Crippen LogP contribution in [-0.4, -0.2) is 34.7 Å². The minimum atomic E-state index is -0.845. The number of carbonyl (C=O) groups excluding carboxylic acids is 2. The van der Waals surface area contributed by atoms with E-state index in [1.54, 1.807) is 19.9 Å². The van der Waals surface area contributed by atoms with Gasteiger partial charge in [-0.1, -0.05) is 12.1 Å². The summed E-state index contributed by atoms with van der Waals surface area (Å²) in [5.41, 5.74) is -0.430. The van der Waals surface area contributed by atoms with Crippen molar-refractivity contribution >= 4 is 22.7 Å². The Balaban J connectivity index is 2.37. The molecule has 0 aliphatic rings. The van der Waals surface area contributed by atoms with Crippen LogP contribution in [0.1, 0.15) is 40.3 Å². The van der Waals surface area contributed by atoms with E-state index in [1.807, 2.05) is 0 Å². The average Bonchev–Trinajstić information content (AvgIpc) is 2.70. The molecule has 0 radical (unpaired) electrons. The highest BCUT2D eigenvalue weighted by molar-refractivity contribution is 6.11. The Bertz CT molecular complexity index is 1140. The molecule has 2 heterocycles. The molecule has 0 saturated heterocycles. The van der Waals surface area contributed by atoms with Gasteiger partial charge in [-0.05, 0) is 37.6 Å². The lowest BCUT2D eigenvalue weighted by Crippen LogP contribution is -2.31. The lowest BCUT2D eigenvalue weighted by atomic mass is 10.0. The summed E-state index contributed by atoms with van der Waals surface area (Å²) in [5.74, 6) is -2.09. The number of ether oxygens (including phenoxy) is 2. The molecule has 29 heavy (non-hydrogen) atoms. The maximum atomic E-state index is 13.6. The van der Waals surface area contributed by atoms with Crippen LogP contribution in [0, 0.1) is 5.82 Å². The predicted molar refractivity (Wildman–Crippen MR) is 103 cm³/mol. The van der Waals surface area contributed by atoms with Crippen molar-refractivity contribution in [3.8, 4) is 0 Å². The second-order valence-electron chi connectivity index (χ2n) is 6.11. The lowest BCUT2D eigenvalue weighted by molar-refractivity contribution is 0.0469. The highest BCUT2D eigenvalue weighted by Gasteiger charge is 2.28. The van der Waals surface area contributed by atoms with Gasteiger partial charge in [0.25, 0.3) is 5.56 Å². The normalized spacial score (nSPS) is 10.7. The number of rotatable bonds is 6. The minimum Gasteiger partial charge on any atom is -0.462 e. The number of benzene rings is 1. The molecule has 0 unspecified atom stereocenters. The standard InChI is InChI=1S/C21H19FN2O5/c1-3-28-20(26)17-15-8-9-23-11-16(15)19(25)24(18(17)21(27)29-4-2)12-13-6-5-7-14(22)10-13/h5-11H,3-4,12H2,1-2H3. The fourth-order valence-corrected chi connectivity index (χ4v) is 3.08. The fourth-order valence-electron chi connectivity index (χ4n) is 3.08. The molecule has 1 aromatic carbocycles. The molecule has 0 atom stereocenters. The van der Waals surface area contributed by atoms with Crippen LogP contribution in [0.3, 0.4) is 0 Å². The number of fused-ring (bicyclic) bond motifs is 1. The van der Waals surface area contributed by atoms with Gasteiger partial charge in [-0.15, -0.1) is 0 Å². The van der Waals surface area contributed by atoms with Crippen LogP contribution >= 0.6 is 0 Å². The van der Waals surface area contributed by atoms with Crippen molar-refractivity contribution in [3.05, 3.63) is 75.7 Å². The summed E-state index contributed by atoms with van der Waals surface area (Å²) < 4.78 is 25.0. The Labute approximate surface area is 165 Å². The zero-order chi connectivity index (χ0) is 21.0. The topological polar surface area (TPSA) is 87.5 Å². The van der Waals surface area contributed by atoms with Crippen LogP contribution < -0.4 is 5.56 Å². The summed E-state index contributed by atoms with van der Waals surface area (Å²) in [6.07, 6.45) is 2.73. The van der Waals surface area contributed by atoms with Crippen molar-refractivity contribution in [3.63, 3.8) is 0 Å². The number of hydrogen-bond donors (Lipinski definition) is 0. The number of aromatic nitrogens is 2. The first-order valence-electron chi connectivity index (χ1n) is 9.07. The molecular formula is C21H19FN2O5. The van der Waals surface area contributed by atoms with Gasteiger partial charge in [0.2, 0.25) is 0 Å². The first kappa shape index (κ1) is 20.2. The predicted octanol–water partition coefficient (Wildman–Crippen LogP) is 2.94. The van der Waals surface area contributed by atoms with Gasteiger partial charge in [0.1, 0.15) is 11.5 Å². The smallest absolute Gasteiger partial charge is 0.355 e. The lowest BCUT2D eigenvalue weighted by Gasteiger charge is -2.18. The molecule has 7 nitrogen and oxygen atoms in total. The van der Waals surface area contributed by atoms with Crippen LogP contribution in [0.2, 0.25) is 0 Å². The highest BCUT2D eigenvalue weighted by atomic mass is 19.1. The van der Waals surface area contributed by atoms with E-state index in [0.717, 1.165) is 4.57 Å². The molecule has 150 valence electrons. The Hall–Kier alpha value is -3.55. The van der Waals surface area contributed by atoms with Crippen molar-refractivity contribution in [2.45, 2.75) is 20.4 Å². The molecule has 0 amide bonds. The van der Waals surface area contributed by atoms with E-state index >= 15 is 0 Å². The third-order valence-electron chi connectivity index (χ3n) is 4.25. The summed E-state index contributed by atoms with van der Waals surface area (Å²) in [6, 6.07) is 7.10. The van der Waals surface area contributed by atoms with E-state index in [1.165, 1.54) is 36.7 Å². The third-order valence-corrected chi connectivity index (χ3v) is 4.25. The number of nitrogens with zero attached hydrogens (tertiary/aromatic N) is 2. The number of pyridine rings is 2. The maximum Gasteiger partial charge on any atom is 0.355 e. The van der Waals surface area contributed by atoms with Gasteiger partial charge in [0, 0.05) is 17.8 Å². The second kappa shape index (κ2) is 8.64. The van der Waals surface area contributed by atoms with E-state index in [-0.39, 0.29) is 41.8 Å². The summed E-state index contributed by atoms with van der Waals surface area (Å²) in [5, 5.41) is 0.377. The zero-order valence-corrected chi connectivity index (χ0v) is 16.0. The summed E-state index contributed by atoms with van der Waals surface area (Å²) in [4.78, 5) is 42.6. The molecule has 8 heteroatoms. The van der Waals surface area contributed by atoms with E-state index in [2.05, 4.69) is 4.98 Å². The Morgan fingerprint density at radius 3 is 2.48 bits per heavy atom. The molecule has 0 spiro atoms. The molecule has 0 aliphatic heterocycles. The molecular weight excluding hydrogens is 379 g/mol. The van der Waals surface area contributed by atoms with E-state index in [0.29, 0.717) is 5.56 Å². The number of hydrogen-bond acceptors (Lipinski definition) is 6. The maximum absolute atomic E-state index is 13.6. The summed E-state index contributed by atoms with van der Waals surface area (Å²) >= 11 is 0. The molecule has 0 saturated carbocycles. The van der Waals surface area contributed by atoms with Gasteiger partial charge < -0.3 is 9.47 Å². The van der Waals surface area contributed by atoms with Crippen LogP contribution in [0.25, 0.3) is 10.8 Å².